The van der Waals surface area contributed by atoms with Crippen molar-refractivity contribution in [3.63, 3.8) is 0 Å². The van der Waals surface area contributed by atoms with Crippen LogP contribution in [0.2, 0.25) is 0 Å². The van der Waals surface area contributed by atoms with Gasteiger partial charge in [-0.15, -0.1) is 24.0 Å². The lowest BCUT2D eigenvalue weighted by molar-refractivity contribution is 0.474. The number of hydrogen-bond acceptors (Lipinski definition) is 3. The average Bonchev–Trinajstić information content (AvgIpc) is 2.85. The molecule has 0 bridgehead atoms. The van der Waals surface area contributed by atoms with E-state index in [9.17, 15) is 4.21 Å². The summed E-state index contributed by atoms with van der Waals surface area (Å²) >= 11 is 0. The number of aliphatic imine (C=N–C) groups is 1. The zero-order chi connectivity index (χ0) is 19.2. The van der Waals surface area contributed by atoms with Gasteiger partial charge in [-0.1, -0.05) is 13.8 Å². The molecule has 0 aliphatic rings. The van der Waals surface area contributed by atoms with Crippen molar-refractivity contribution in [1.29, 1.82) is 0 Å². The van der Waals surface area contributed by atoms with Gasteiger partial charge in [0.15, 0.2) is 5.96 Å². The first-order valence-electron chi connectivity index (χ1n) is 8.96. The van der Waals surface area contributed by atoms with E-state index in [2.05, 4.69) is 47.3 Å². The van der Waals surface area contributed by atoms with Crippen LogP contribution in [0.25, 0.3) is 0 Å². The minimum atomic E-state index is -0.882. The maximum atomic E-state index is 12.2. The molecule has 8 heteroatoms. The fourth-order valence-electron chi connectivity index (χ4n) is 2.50. The number of halogens is 1. The van der Waals surface area contributed by atoms with Crippen molar-refractivity contribution in [3.8, 4) is 0 Å². The van der Waals surface area contributed by atoms with Gasteiger partial charge in [-0.2, -0.15) is 5.10 Å². The second-order valence-electron chi connectivity index (χ2n) is 7.62. The quantitative estimate of drug-likeness (QED) is 0.357. The van der Waals surface area contributed by atoms with E-state index in [1.807, 2.05) is 39.5 Å². The van der Waals surface area contributed by atoms with Gasteiger partial charge in [-0.25, -0.2) is 0 Å². The van der Waals surface area contributed by atoms with Gasteiger partial charge in [0.2, 0.25) is 0 Å². The van der Waals surface area contributed by atoms with Crippen molar-refractivity contribution in [2.24, 2.45) is 12.0 Å². The van der Waals surface area contributed by atoms with Gasteiger partial charge in [-0.05, 0) is 33.6 Å². The number of aryl methyl sites for hydroxylation is 1. The smallest absolute Gasteiger partial charge is 0.193 e. The summed E-state index contributed by atoms with van der Waals surface area (Å²) in [4.78, 5) is 6.76. The predicted octanol–water partition coefficient (Wildman–Crippen LogP) is 3.11. The van der Waals surface area contributed by atoms with Crippen LogP contribution in [0.3, 0.4) is 0 Å². The van der Waals surface area contributed by atoms with Gasteiger partial charge in [0.1, 0.15) is 0 Å². The van der Waals surface area contributed by atoms with E-state index < -0.39 is 10.8 Å². The highest BCUT2D eigenvalue weighted by molar-refractivity contribution is 14.0. The summed E-state index contributed by atoms with van der Waals surface area (Å²) in [5, 5.41) is 7.89. The molecule has 0 aliphatic carbocycles. The Hall–Kier alpha value is -0.640. The summed E-state index contributed by atoms with van der Waals surface area (Å²) < 4.78 is 13.9. The third-order valence-corrected chi connectivity index (χ3v) is 5.73. The molecule has 1 atom stereocenters. The van der Waals surface area contributed by atoms with Crippen LogP contribution in [0.1, 0.15) is 58.7 Å². The minimum Gasteiger partial charge on any atom is -0.357 e. The maximum absolute atomic E-state index is 12.2. The first kappa shape index (κ1) is 25.4. The third kappa shape index (κ3) is 7.94. The highest BCUT2D eigenvalue weighted by Gasteiger charge is 2.19. The Morgan fingerprint density at radius 1 is 1.42 bits per heavy atom. The lowest BCUT2D eigenvalue weighted by atomic mass is 10.1. The third-order valence-electron chi connectivity index (χ3n) is 3.81. The molecule has 1 N–H and O–H groups in total. The number of nitrogens with zero attached hydrogens (tertiary/aromatic N) is 4. The summed E-state index contributed by atoms with van der Waals surface area (Å²) in [6, 6.07) is 0. The number of rotatable bonds is 7. The Morgan fingerprint density at radius 3 is 2.54 bits per heavy atom. The van der Waals surface area contributed by atoms with Crippen LogP contribution in [0, 0.1) is 0 Å². The molecular formula is C18H36IN5OS. The Morgan fingerprint density at radius 2 is 2.04 bits per heavy atom. The fraction of sp³-hybridized carbons (Fsp3) is 0.778. The highest BCUT2D eigenvalue weighted by atomic mass is 127. The molecule has 1 heterocycles. The number of aromatic nitrogens is 2. The van der Waals surface area contributed by atoms with Gasteiger partial charge >= 0.3 is 0 Å². The zero-order valence-corrected chi connectivity index (χ0v) is 20.6. The Bertz CT molecular complexity index is 607. The van der Waals surface area contributed by atoms with Crippen molar-refractivity contribution >= 4 is 40.7 Å². The molecule has 0 saturated heterocycles. The SMILES string of the molecule is CCNC(=NCCS(=O)C(C)(C)C)N(C)Cc1cn(C)nc1C(C)C.I. The fourth-order valence-corrected chi connectivity index (χ4v) is 3.37. The van der Waals surface area contributed by atoms with Gasteiger partial charge < -0.3 is 10.2 Å². The van der Waals surface area contributed by atoms with Crippen LogP contribution >= 0.6 is 24.0 Å². The standard InChI is InChI=1S/C18H35N5OS.HI/c1-9-19-17(20-10-11-25(24)18(4,5)6)22(7)12-15-13-23(8)21-16(15)14(2)3;/h13-14H,9-12H2,1-8H3,(H,19,20);1H. The van der Waals surface area contributed by atoms with Gasteiger partial charge in [0.25, 0.3) is 0 Å². The van der Waals surface area contributed by atoms with E-state index in [4.69, 9.17) is 0 Å². The maximum Gasteiger partial charge on any atom is 0.193 e. The van der Waals surface area contributed by atoms with Gasteiger partial charge in [0.05, 0.1) is 12.2 Å². The van der Waals surface area contributed by atoms with Crippen molar-refractivity contribution in [2.45, 2.75) is 58.8 Å². The van der Waals surface area contributed by atoms with Crippen molar-refractivity contribution in [3.05, 3.63) is 17.5 Å². The molecule has 1 rings (SSSR count). The average molecular weight is 497 g/mol. The lowest BCUT2D eigenvalue weighted by Gasteiger charge is -2.23. The molecule has 6 nitrogen and oxygen atoms in total. The first-order chi connectivity index (χ1) is 11.6. The van der Waals surface area contributed by atoms with Crippen LogP contribution in [0.5, 0.6) is 0 Å². The summed E-state index contributed by atoms with van der Waals surface area (Å²) in [5.74, 6) is 1.81. The Balaban J connectivity index is 0.00000625. The molecule has 0 aromatic carbocycles. The topological polar surface area (TPSA) is 62.5 Å². The number of hydrogen-bond donors (Lipinski definition) is 1. The Labute approximate surface area is 178 Å². The summed E-state index contributed by atoms with van der Waals surface area (Å²) in [7, 11) is 3.10. The van der Waals surface area contributed by atoms with E-state index in [0.29, 0.717) is 18.2 Å². The molecule has 1 aromatic rings. The van der Waals surface area contributed by atoms with Crippen LogP contribution in [0.15, 0.2) is 11.2 Å². The zero-order valence-electron chi connectivity index (χ0n) is 17.5. The van der Waals surface area contributed by atoms with Gasteiger partial charge in [-0.3, -0.25) is 13.9 Å². The first-order valence-corrected chi connectivity index (χ1v) is 10.3. The molecule has 0 saturated carbocycles. The second kappa shape index (κ2) is 11.3. The van der Waals surface area contributed by atoms with E-state index in [0.717, 1.165) is 24.7 Å². The molecule has 1 aromatic heterocycles. The second-order valence-corrected chi connectivity index (χ2v) is 9.95. The number of nitrogens with one attached hydrogen (secondary N) is 1. The predicted molar refractivity (Wildman–Crippen MR) is 123 cm³/mol. The van der Waals surface area contributed by atoms with Crippen LogP contribution in [-0.4, -0.2) is 55.5 Å². The van der Waals surface area contributed by atoms with Gasteiger partial charge in [0, 0.05) is 60.2 Å². The summed E-state index contributed by atoms with van der Waals surface area (Å²) in [5.41, 5.74) is 2.34. The highest BCUT2D eigenvalue weighted by Crippen LogP contribution is 2.18. The largest absolute Gasteiger partial charge is 0.357 e. The van der Waals surface area contributed by atoms with Crippen molar-refractivity contribution in [2.75, 3.05) is 25.9 Å². The Kier molecular flexibility index (Phi) is 11.0. The van der Waals surface area contributed by atoms with Crippen LogP contribution in [-0.2, 0) is 24.4 Å². The van der Waals surface area contributed by atoms with E-state index in [1.165, 1.54) is 5.56 Å². The molecule has 0 amide bonds. The molecule has 26 heavy (non-hydrogen) atoms. The molecular weight excluding hydrogens is 461 g/mol. The van der Waals surface area contributed by atoms with Crippen molar-refractivity contribution < 1.29 is 4.21 Å². The van der Waals surface area contributed by atoms with E-state index in [1.54, 1.807) is 0 Å². The summed E-state index contributed by atoms with van der Waals surface area (Å²) in [6.07, 6.45) is 2.07. The van der Waals surface area contributed by atoms with E-state index >= 15 is 0 Å². The molecule has 152 valence electrons. The van der Waals surface area contributed by atoms with E-state index in [-0.39, 0.29) is 28.7 Å². The van der Waals surface area contributed by atoms with Crippen molar-refractivity contribution in [1.82, 2.24) is 20.0 Å². The monoisotopic (exact) mass is 497 g/mol. The molecule has 0 aliphatic heterocycles. The molecule has 1 unspecified atom stereocenters. The number of guanidine groups is 1. The normalized spacial score (nSPS) is 13.5. The lowest BCUT2D eigenvalue weighted by Crippen LogP contribution is -2.39. The molecule has 0 spiro atoms. The summed E-state index contributed by atoms with van der Waals surface area (Å²) in [6.45, 7) is 14.5. The molecule has 0 radical (unpaired) electrons. The minimum absolute atomic E-state index is 0. The van der Waals surface area contributed by atoms with Crippen LogP contribution in [0.4, 0.5) is 0 Å². The van der Waals surface area contributed by atoms with Crippen LogP contribution < -0.4 is 5.32 Å². The molecule has 0 fully saturated rings.